The van der Waals surface area contributed by atoms with Crippen LogP contribution in [0.25, 0.3) is 16.5 Å². The number of rotatable bonds is 6. The lowest BCUT2D eigenvalue weighted by atomic mass is 9.95. The van der Waals surface area contributed by atoms with E-state index in [-0.39, 0.29) is 16.9 Å². The molecule has 0 aliphatic carbocycles. The summed E-state index contributed by atoms with van der Waals surface area (Å²) in [6, 6.07) is 14.2. The predicted octanol–water partition coefficient (Wildman–Crippen LogP) is 4.99. The van der Waals surface area contributed by atoms with Crippen molar-refractivity contribution in [1.82, 2.24) is 30.1 Å². The molecular weight excluding hydrogens is 455 g/mol. The van der Waals surface area contributed by atoms with Gasteiger partial charge in [-0.25, -0.2) is 9.07 Å². The molecule has 0 amide bonds. The van der Waals surface area contributed by atoms with E-state index < -0.39 is 6.04 Å². The molecule has 1 atom stereocenters. The Hall–Kier alpha value is -3.65. The highest BCUT2D eigenvalue weighted by Crippen LogP contribution is 2.33. The Morgan fingerprint density at radius 3 is 2.61 bits per heavy atom. The Balaban J connectivity index is 1.60. The lowest BCUT2D eigenvalue weighted by Crippen LogP contribution is -2.40. The van der Waals surface area contributed by atoms with Gasteiger partial charge in [0.2, 0.25) is 0 Å². The molecule has 0 saturated heterocycles. The van der Waals surface area contributed by atoms with Gasteiger partial charge in [-0.3, -0.25) is 9.69 Å². The van der Waals surface area contributed by atoms with Crippen LogP contribution in [0.15, 0.2) is 59.4 Å². The largest absolute Gasteiger partial charge is 0.322 e. The van der Waals surface area contributed by atoms with Crippen molar-refractivity contribution in [3.05, 3.63) is 93.3 Å². The predicted molar refractivity (Wildman–Crippen MR) is 139 cm³/mol. The molecule has 3 heterocycles. The molecule has 1 aliphatic heterocycles. The fraction of sp³-hybridized carbons (Fsp3) is 0.357. The smallest absolute Gasteiger partial charge is 0.253 e. The number of H-pyrrole nitrogens is 1. The van der Waals surface area contributed by atoms with Gasteiger partial charge < -0.3 is 4.98 Å². The highest BCUT2D eigenvalue weighted by molar-refractivity contribution is 5.79. The van der Waals surface area contributed by atoms with Gasteiger partial charge in [-0.2, -0.15) is 0 Å². The molecule has 2 aromatic carbocycles. The van der Waals surface area contributed by atoms with Gasteiger partial charge >= 0.3 is 0 Å². The molecule has 0 unspecified atom stereocenters. The van der Waals surface area contributed by atoms with Crippen molar-refractivity contribution in [2.75, 3.05) is 13.1 Å². The molecule has 5 rings (SSSR count). The molecular formula is C28H31FN6O. The highest BCUT2D eigenvalue weighted by Gasteiger charge is 2.34. The zero-order chi connectivity index (χ0) is 25.4. The van der Waals surface area contributed by atoms with Gasteiger partial charge in [-0.1, -0.05) is 37.3 Å². The number of pyridine rings is 1. The molecule has 0 fully saturated rings. The quantitative estimate of drug-likeness (QED) is 0.416. The number of halogens is 1. The van der Waals surface area contributed by atoms with Gasteiger partial charge in [0.25, 0.3) is 5.56 Å². The molecule has 0 bridgehead atoms. The summed E-state index contributed by atoms with van der Waals surface area (Å²) in [7, 11) is 0. The Kier molecular flexibility index (Phi) is 6.30. The van der Waals surface area contributed by atoms with Crippen LogP contribution in [0.1, 0.15) is 62.2 Å². The highest BCUT2D eigenvalue weighted by atomic mass is 19.1. The van der Waals surface area contributed by atoms with Gasteiger partial charge in [0.1, 0.15) is 11.9 Å². The SMILES string of the molecule is CCC(C)(C)n1nnnc1[C@@H](c1cc2ccc(C)cc2[nH]c1=O)N1CC=C(c2ccc(F)cc2)CC1. The van der Waals surface area contributed by atoms with Gasteiger partial charge in [-0.05, 0) is 90.4 Å². The zero-order valence-corrected chi connectivity index (χ0v) is 21.1. The van der Waals surface area contributed by atoms with Crippen LogP contribution in [0.3, 0.4) is 0 Å². The lowest BCUT2D eigenvalue weighted by Gasteiger charge is -2.35. The summed E-state index contributed by atoms with van der Waals surface area (Å²) >= 11 is 0. The third kappa shape index (κ3) is 4.48. The number of benzene rings is 2. The Morgan fingerprint density at radius 2 is 1.92 bits per heavy atom. The van der Waals surface area contributed by atoms with E-state index in [4.69, 9.17) is 0 Å². The van der Waals surface area contributed by atoms with Crippen LogP contribution in [0.4, 0.5) is 4.39 Å². The number of nitrogens with one attached hydrogen (secondary N) is 1. The van der Waals surface area contributed by atoms with Crippen molar-refractivity contribution in [3.8, 4) is 0 Å². The van der Waals surface area contributed by atoms with Gasteiger partial charge in [0, 0.05) is 24.2 Å². The average Bonchev–Trinajstić information content (AvgIpc) is 3.36. The summed E-state index contributed by atoms with van der Waals surface area (Å²) in [6.45, 7) is 9.62. The van der Waals surface area contributed by atoms with Crippen molar-refractivity contribution in [1.29, 1.82) is 0 Å². The number of hydrogen-bond acceptors (Lipinski definition) is 5. The number of tetrazole rings is 1. The van der Waals surface area contributed by atoms with Crippen molar-refractivity contribution in [2.24, 2.45) is 0 Å². The minimum atomic E-state index is -0.425. The molecule has 186 valence electrons. The lowest BCUT2D eigenvalue weighted by molar-refractivity contribution is 0.211. The fourth-order valence-electron chi connectivity index (χ4n) is 4.82. The van der Waals surface area contributed by atoms with Crippen molar-refractivity contribution in [3.63, 3.8) is 0 Å². The average molecular weight is 487 g/mol. The van der Waals surface area contributed by atoms with E-state index in [9.17, 15) is 9.18 Å². The van der Waals surface area contributed by atoms with E-state index in [1.54, 1.807) is 0 Å². The van der Waals surface area contributed by atoms with E-state index in [0.717, 1.165) is 34.9 Å². The second-order valence-corrected chi connectivity index (χ2v) is 10.1. The molecule has 8 heteroatoms. The molecule has 0 radical (unpaired) electrons. The van der Waals surface area contributed by atoms with E-state index >= 15 is 0 Å². The number of nitrogens with zero attached hydrogens (tertiary/aromatic N) is 5. The van der Waals surface area contributed by atoms with E-state index in [2.05, 4.69) is 52.3 Å². The molecule has 1 N–H and O–H groups in total. The first-order chi connectivity index (χ1) is 17.3. The maximum Gasteiger partial charge on any atom is 0.253 e. The first-order valence-corrected chi connectivity index (χ1v) is 12.4. The van der Waals surface area contributed by atoms with Crippen molar-refractivity contribution >= 4 is 16.5 Å². The third-order valence-corrected chi connectivity index (χ3v) is 7.32. The summed E-state index contributed by atoms with van der Waals surface area (Å²) in [5.41, 5.74) is 4.25. The molecule has 36 heavy (non-hydrogen) atoms. The van der Waals surface area contributed by atoms with Crippen molar-refractivity contribution < 1.29 is 4.39 Å². The van der Waals surface area contributed by atoms with Crippen LogP contribution in [0.2, 0.25) is 0 Å². The third-order valence-electron chi connectivity index (χ3n) is 7.32. The maximum atomic E-state index is 13.5. The fourth-order valence-corrected chi connectivity index (χ4v) is 4.82. The van der Waals surface area contributed by atoms with E-state index in [1.807, 2.05) is 48.0 Å². The Labute approximate surface area is 209 Å². The van der Waals surface area contributed by atoms with Crippen LogP contribution >= 0.6 is 0 Å². The zero-order valence-electron chi connectivity index (χ0n) is 21.1. The second-order valence-electron chi connectivity index (χ2n) is 10.1. The van der Waals surface area contributed by atoms with Crippen LogP contribution in [0, 0.1) is 12.7 Å². The van der Waals surface area contributed by atoms with Crippen LogP contribution in [0.5, 0.6) is 0 Å². The summed E-state index contributed by atoms with van der Waals surface area (Å²) in [4.78, 5) is 18.8. The van der Waals surface area contributed by atoms with E-state index in [1.165, 1.54) is 17.7 Å². The molecule has 0 saturated carbocycles. The maximum absolute atomic E-state index is 13.5. The number of aromatic amines is 1. The van der Waals surface area contributed by atoms with Gasteiger partial charge in [0.15, 0.2) is 5.82 Å². The first-order valence-electron chi connectivity index (χ1n) is 12.4. The minimum Gasteiger partial charge on any atom is -0.322 e. The molecule has 7 nitrogen and oxygen atoms in total. The van der Waals surface area contributed by atoms with Crippen molar-refractivity contribution in [2.45, 2.75) is 52.1 Å². The monoisotopic (exact) mass is 486 g/mol. The Bertz CT molecular complexity index is 1480. The molecule has 1 aliphatic rings. The van der Waals surface area contributed by atoms with Crippen LogP contribution in [-0.4, -0.2) is 43.2 Å². The van der Waals surface area contributed by atoms with Crippen LogP contribution in [-0.2, 0) is 5.54 Å². The first kappa shape index (κ1) is 24.1. The summed E-state index contributed by atoms with van der Waals surface area (Å²) < 4.78 is 15.3. The normalized spacial score (nSPS) is 15.8. The number of hydrogen-bond donors (Lipinski definition) is 1. The molecule has 0 spiro atoms. The van der Waals surface area contributed by atoms with E-state index in [0.29, 0.717) is 24.5 Å². The Morgan fingerprint density at radius 1 is 1.14 bits per heavy atom. The topological polar surface area (TPSA) is 79.7 Å². The van der Waals surface area contributed by atoms with Crippen LogP contribution < -0.4 is 5.56 Å². The standard InChI is InChI=1S/C28H31FN6O/c1-5-28(3,4)35-26(31-32-33-35)25(23-17-21-7-6-18(2)16-24(21)30-27(23)36)34-14-12-20(13-15-34)19-8-10-22(29)11-9-19/h6-12,16-17,25H,5,13-15H2,1-4H3,(H,30,36)/t25-/m1/s1. The minimum absolute atomic E-state index is 0.143. The number of aromatic nitrogens is 5. The number of aryl methyl sites for hydroxylation is 1. The summed E-state index contributed by atoms with van der Waals surface area (Å²) in [6.07, 6.45) is 3.76. The summed E-state index contributed by atoms with van der Waals surface area (Å²) in [5.74, 6) is 0.408. The summed E-state index contributed by atoms with van der Waals surface area (Å²) in [5, 5.41) is 13.8. The molecule has 2 aromatic heterocycles. The van der Waals surface area contributed by atoms with Gasteiger partial charge in [0.05, 0.1) is 5.54 Å². The number of fused-ring (bicyclic) bond motifs is 1. The van der Waals surface area contributed by atoms with Gasteiger partial charge in [-0.15, -0.1) is 5.10 Å². The molecule has 4 aromatic rings. The second kappa shape index (κ2) is 9.43.